The number of hydrogen-bond donors (Lipinski definition) is 0. The van der Waals surface area contributed by atoms with Crippen molar-refractivity contribution in [2.24, 2.45) is 0 Å². The first-order valence-corrected chi connectivity index (χ1v) is 9.84. The lowest BCUT2D eigenvalue weighted by Crippen LogP contribution is -2.48. The summed E-state index contributed by atoms with van der Waals surface area (Å²) in [4.78, 5) is 14.0. The van der Waals surface area contributed by atoms with Gasteiger partial charge < -0.3 is 23.7 Å². The molecule has 0 N–H and O–H groups in total. The molecule has 0 bridgehead atoms. The van der Waals surface area contributed by atoms with Crippen molar-refractivity contribution in [2.45, 2.75) is 77.9 Å². The van der Waals surface area contributed by atoms with Crippen LogP contribution in [0, 0.1) is 0 Å². The van der Waals surface area contributed by atoms with Crippen LogP contribution in [0.4, 0.5) is 4.79 Å². The van der Waals surface area contributed by atoms with E-state index in [1.165, 1.54) is 0 Å². The van der Waals surface area contributed by atoms with E-state index in [-0.39, 0.29) is 23.4 Å². The van der Waals surface area contributed by atoms with Crippen molar-refractivity contribution in [3.8, 4) is 0 Å². The van der Waals surface area contributed by atoms with E-state index in [0.717, 1.165) is 5.46 Å². The summed E-state index contributed by atoms with van der Waals surface area (Å²) in [6.45, 7) is 15.7. The number of aromatic nitrogens is 2. The Kier molecular flexibility index (Phi) is 5.55. The average Bonchev–Trinajstić information content (AvgIpc) is 3.08. The lowest BCUT2D eigenvalue weighted by atomic mass is 9.82. The summed E-state index contributed by atoms with van der Waals surface area (Å²) in [6, 6.07) is 0. The van der Waals surface area contributed by atoms with Crippen LogP contribution in [0.25, 0.3) is 0 Å². The fourth-order valence-corrected chi connectivity index (χ4v) is 3.11. The van der Waals surface area contributed by atoms with Crippen LogP contribution in [0.1, 0.15) is 48.5 Å². The molecule has 1 unspecified atom stereocenters. The molecular weight excluding hydrogens is 361 g/mol. The zero-order chi connectivity index (χ0) is 20.7. The van der Waals surface area contributed by atoms with Crippen molar-refractivity contribution < 1.29 is 23.6 Å². The van der Waals surface area contributed by atoms with Gasteiger partial charge in [-0.15, -0.1) is 0 Å². The standard InChI is InChI=1S/C19H32BN3O5/c1-17(2,3)26-16(24)22-8-9-25-15(12-22)13-23-11-14(10-21-23)20-27-18(4,5)19(6,7)28-20/h10-11,15H,8-9,12-13H2,1-7H3. The largest absolute Gasteiger partial charge is 0.498 e. The van der Waals surface area contributed by atoms with Crippen LogP contribution in [0.5, 0.6) is 0 Å². The third kappa shape index (κ3) is 4.70. The molecule has 8 nitrogen and oxygen atoms in total. The number of nitrogens with zero attached hydrogens (tertiary/aromatic N) is 3. The topological polar surface area (TPSA) is 75.0 Å². The van der Waals surface area contributed by atoms with Gasteiger partial charge in [-0.1, -0.05) is 0 Å². The van der Waals surface area contributed by atoms with Crippen LogP contribution >= 0.6 is 0 Å². The molecule has 0 radical (unpaired) electrons. The molecule has 1 aromatic heterocycles. The van der Waals surface area contributed by atoms with Crippen LogP contribution < -0.4 is 5.46 Å². The number of carbonyl (C=O) groups excluding carboxylic acids is 1. The summed E-state index contributed by atoms with van der Waals surface area (Å²) < 4.78 is 25.2. The van der Waals surface area contributed by atoms with Gasteiger partial charge in [0.1, 0.15) is 5.60 Å². The Morgan fingerprint density at radius 2 is 1.93 bits per heavy atom. The molecule has 2 saturated heterocycles. The van der Waals surface area contributed by atoms with Gasteiger partial charge >= 0.3 is 13.2 Å². The van der Waals surface area contributed by atoms with Crippen molar-refractivity contribution in [1.82, 2.24) is 14.7 Å². The highest BCUT2D eigenvalue weighted by molar-refractivity contribution is 6.61. The number of ether oxygens (including phenoxy) is 2. The van der Waals surface area contributed by atoms with E-state index in [9.17, 15) is 4.79 Å². The van der Waals surface area contributed by atoms with Crippen molar-refractivity contribution in [1.29, 1.82) is 0 Å². The Morgan fingerprint density at radius 1 is 1.29 bits per heavy atom. The third-order valence-corrected chi connectivity index (χ3v) is 5.36. The number of hydrogen-bond acceptors (Lipinski definition) is 6. The van der Waals surface area contributed by atoms with Gasteiger partial charge in [0.25, 0.3) is 0 Å². The van der Waals surface area contributed by atoms with Gasteiger partial charge in [0.15, 0.2) is 0 Å². The van der Waals surface area contributed by atoms with Gasteiger partial charge in [-0.3, -0.25) is 4.68 Å². The second-order valence-corrected chi connectivity index (χ2v) is 9.50. The number of carbonyl (C=O) groups is 1. The van der Waals surface area contributed by atoms with Crippen molar-refractivity contribution in [2.75, 3.05) is 19.7 Å². The van der Waals surface area contributed by atoms with E-state index >= 15 is 0 Å². The second-order valence-electron chi connectivity index (χ2n) is 9.50. The van der Waals surface area contributed by atoms with Crippen LogP contribution in [0.3, 0.4) is 0 Å². The second kappa shape index (κ2) is 7.35. The van der Waals surface area contributed by atoms with E-state index in [0.29, 0.717) is 26.2 Å². The van der Waals surface area contributed by atoms with Gasteiger partial charge in [-0.05, 0) is 48.5 Å². The Morgan fingerprint density at radius 3 is 2.54 bits per heavy atom. The van der Waals surface area contributed by atoms with Gasteiger partial charge in [-0.2, -0.15) is 5.10 Å². The van der Waals surface area contributed by atoms with Gasteiger partial charge in [0, 0.05) is 24.4 Å². The maximum absolute atomic E-state index is 12.3. The van der Waals surface area contributed by atoms with Crippen molar-refractivity contribution in [3.05, 3.63) is 12.4 Å². The molecule has 0 aromatic carbocycles. The van der Waals surface area contributed by atoms with Crippen molar-refractivity contribution in [3.63, 3.8) is 0 Å². The van der Waals surface area contributed by atoms with Crippen LogP contribution in [-0.4, -0.2) is 70.5 Å². The van der Waals surface area contributed by atoms with Crippen LogP contribution in [0.15, 0.2) is 12.4 Å². The Labute approximate surface area is 167 Å². The molecule has 2 aliphatic rings. The third-order valence-electron chi connectivity index (χ3n) is 5.36. The van der Waals surface area contributed by atoms with E-state index in [2.05, 4.69) is 5.10 Å². The minimum Gasteiger partial charge on any atom is -0.444 e. The normalized spacial score (nSPS) is 24.5. The molecule has 3 heterocycles. The lowest BCUT2D eigenvalue weighted by Gasteiger charge is -2.34. The Balaban J connectivity index is 1.59. The zero-order valence-corrected chi connectivity index (χ0v) is 18.0. The van der Waals surface area contributed by atoms with Gasteiger partial charge in [0.05, 0.1) is 37.0 Å². The van der Waals surface area contributed by atoms with Gasteiger partial charge in [-0.25, -0.2) is 4.79 Å². The quantitative estimate of drug-likeness (QED) is 0.730. The zero-order valence-electron chi connectivity index (χ0n) is 18.0. The molecule has 2 aliphatic heterocycles. The smallest absolute Gasteiger partial charge is 0.444 e. The lowest BCUT2D eigenvalue weighted by molar-refractivity contribution is -0.0483. The van der Waals surface area contributed by atoms with Crippen molar-refractivity contribution >= 4 is 18.7 Å². The molecule has 2 fully saturated rings. The average molecular weight is 393 g/mol. The highest BCUT2D eigenvalue weighted by atomic mass is 16.7. The summed E-state index contributed by atoms with van der Waals surface area (Å²) in [7, 11) is -0.440. The molecule has 9 heteroatoms. The fraction of sp³-hybridized carbons (Fsp3) is 0.789. The number of amides is 1. The number of rotatable bonds is 3. The monoisotopic (exact) mass is 393 g/mol. The first kappa shape index (κ1) is 21.1. The molecule has 3 rings (SSSR count). The predicted octanol–water partition coefficient (Wildman–Crippen LogP) is 1.82. The maximum Gasteiger partial charge on any atom is 0.498 e. The van der Waals surface area contributed by atoms with E-state index in [4.69, 9.17) is 18.8 Å². The molecule has 0 spiro atoms. The summed E-state index contributed by atoms with van der Waals surface area (Å²) >= 11 is 0. The van der Waals surface area contributed by atoms with E-state index in [1.54, 1.807) is 11.1 Å². The molecular formula is C19H32BN3O5. The summed E-state index contributed by atoms with van der Waals surface area (Å²) in [5, 5.41) is 4.42. The van der Waals surface area contributed by atoms with Crippen LogP contribution in [0.2, 0.25) is 0 Å². The Hall–Kier alpha value is -1.58. The molecule has 1 aromatic rings. The first-order valence-electron chi connectivity index (χ1n) is 9.84. The molecule has 1 amide bonds. The minimum absolute atomic E-state index is 0.146. The maximum atomic E-state index is 12.3. The van der Waals surface area contributed by atoms with E-state index in [1.807, 2.05) is 59.3 Å². The van der Waals surface area contributed by atoms with E-state index < -0.39 is 12.7 Å². The highest BCUT2D eigenvalue weighted by Crippen LogP contribution is 2.36. The summed E-state index contributed by atoms with van der Waals surface area (Å²) in [5.41, 5.74) is -0.413. The molecule has 156 valence electrons. The van der Waals surface area contributed by atoms with Gasteiger partial charge in [0.2, 0.25) is 0 Å². The predicted molar refractivity (Wildman–Crippen MR) is 105 cm³/mol. The fourth-order valence-electron chi connectivity index (χ4n) is 3.11. The SMILES string of the molecule is CC(C)(C)OC(=O)N1CCOC(Cn2cc(B3OC(C)(C)C(C)(C)O3)cn2)C1. The highest BCUT2D eigenvalue weighted by Gasteiger charge is 2.52. The summed E-state index contributed by atoms with van der Waals surface area (Å²) in [6.07, 6.45) is 3.22. The van der Waals surface area contributed by atoms with Crippen LogP contribution in [-0.2, 0) is 25.3 Å². The summed E-state index contributed by atoms with van der Waals surface area (Å²) in [5.74, 6) is 0. The molecule has 0 saturated carbocycles. The minimum atomic E-state index is -0.509. The molecule has 0 aliphatic carbocycles. The number of morpholine rings is 1. The Bertz CT molecular complexity index is 697. The molecule has 1 atom stereocenters. The molecule has 28 heavy (non-hydrogen) atoms. The first-order chi connectivity index (χ1) is 12.9.